The Hall–Kier alpha value is -3.75. The van der Waals surface area contributed by atoms with Crippen LogP contribution in [0.5, 0.6) is 0 Å². The summed E-state index contributed by atoms with van der Waals surface area (Å²) in [6.45, 7) is 14.1. The van der Waals surface area contributed by atoms with E-state index >= 15 is 0 Å². The molecule has 2 aromatic carbocycles. The van der Waals surface area contributed by atoms with E-state index in [1.807, 2.05) is 19.1 Å². The van der Waals surface area contributed by atoms with Crippen LogP contribution in [0.1, 0.15) is 141 Å². The minimum atomic E-state index is -1.03. The zero-order valence-corrected chi connectivity index (χ0v) is 40.0. The summed E-state index contributed by atoms with van der Waals surface area (Å²) in [5, 5.41) is 5.85. The number of hydrogen-bond acceptors (Lipinski definition) is 10. The lowest BCUT2D eigenvalue weighted by Gasteiger charge is -2.64. The largest absolute Gasteiger partial charge is 0.461 e. The maximum absolute atomic E-state index is 14.0. The van der Waals surface area contributed by atoms with E-state index < -0.39 is 42.9 Å². The zero-order chi connectivity index (χ0) is 46.7. The molecule has 2 heterocycles. The first kappa shape index (κ1) is 50.7. The molecule has 0 spiro atoms. The molecule has 5 aliphatic rings. The smallest absolute Gasteiger partial charge is 0.405 e. The van der Waals surface area contributed by atoms with E-state index in [0.29, 0.717) is 75.7 Å². The van der Waals surface area contributed by atoms with Gasteiger partial charge in [-0.15, -0.1) is 0 Å². The van der Waals surface area contributed by atoms with Gasteiger partial charge >= 0.3 is 7.12 Å². The van der Waals surface area contributed by atoms with Crippen LogP contribution in [-0.2, 0) is 44.4 Å². The van der Waals surface area contributed by atoms with Gasteiger partial charge in [-0.2, -0.15) is 0 Å². The van der Waals surface area contributed by atoms with Gasteiger partial charge in [-0.1, -0.05) is 96.0 Å². The van der Waals surface area contributed by atoms with Crippen LogP contribution in [0.2, 0.25) is 5.82 Å². The number of nitrogens with one attached hydrogen (secondary N) is 2. The maximum Gasteiger partial charge on any atom is 0.461 e. The summed E-state index contributed by atoms with van der Waals surface area (Å²) in [4.78, 5) is 69.4. The van der Waals surface area contributed by atoms with Gasteiger partial charge in [0.05, 0.1) is 24.4 Å². The first-order valence-corrected chi connectivity index (χ1v) is 24.7. The van der Waals surface area contributed by atoms with Crippen LogP contribution in [0.25, 0.3) is 11.1 Å². The summed E-state index contributed by atoms with van der Waals surface area (Å²) in [6, 6.07) is 14.1. The molecule has 356 valence electrons. The first-order chi connectivity index (χ1) is 31.1. The third kappa shape index (κ3) is 12.8. The van der Waals surface area contributed by atoms with Gasteiger partial charge in [0.1, 0.15) is 6.04 Å². The number of unbranched alkanes of at least 4 members (excludes halogenated alkanes) is 2. The molecule has 2 aliphatic heterocycles. The Morgan fingerprint density at radius 1 is 0.908 bits per heavy atom. The third-order valence-corrected chi connectivity index (χ3v) is 15.1. The minimum Gasteiger partial charge on any atom is -0.405 e. The highest BCUT2D eigenvalue weighted by atomic mass is 16.7. The molecule has 2 bridgehead atoms. The molecule has 13 heteroatoms. The molecule has 0 aromatic heterocycles. The van der Waals surface area contributed by atoms with Crippen LogP contribution >= 0.6 is 0 Å². The normalized spacial score (nSPS) is 28.3. The van der Waals surface area contributed by atoms with Crippen molar-refractivity contribution in [2.24, 2.45) is 34.8 Å². The van der Waals surface area contributed by atoms with Crippen molar-refractivity contribution in [3.8, 4) is 11.1 Å². The average molecular weight is 898 g/mol. The van der Waals surface area contributed by atoms with Crippen molar-refractivity contribution in [1.29, 1.82) is 0 Å². The minimum absolute atomic E-state index is 0.00651. The maximum atomic E-state index is 14.0. The molecular formula is C52H76BN3O9. The second-order valence-corrected chi connectivity index (χ2v) is 20.3. The van der Waals surface area contributed by atoms with Crippen LogP contribution < -0.4 is 16.4 Å². The number of amides is 2. The molecule has 2 amide bonds. The quantitative estimate of drug-likeness (QED) is 0.0806. The summed E-state index contributed by atoms with van der Waals surface area (Å²) < 4.78 is 25.0. The van der Waals surface area contributed by atoms with Gasteiger partial charge in [-0.25, -0.2) is 0 Å². The van der Waals surface area contributed by atoms with Crippen molar-refractivity contribution in [2.45, 2.75) is 161 Å². The van der Waals surface area contributed by atoms with Gasteiger partial charge in [-0.3, -0.25) is 24.0 Å². The Kier molecular flexibility index (Phi) is 18.2. The molecule has 2 aromatic rings. The average Bonchev–Trinajstić information content (AvgIpc) is 3.66. The van der Waals surface area contributed by atoms with E-state index in [1.54, 1.807) is 19.1 Å². The number of aryl methyl sites for hydroxylation is 1. The molecule has 65 heavy (non-hydrogen) atoms. The molecular weight excluding hydrogens is 821 g/mol. The number of carbonyl (C=O) groups is 5. The summed E-state index contributed by atoms with van der Waals surface area (Å²) in [6.07, 6.45) is 8.80. The number of rotatable bonds is 17. The van der Waals surface area contributed by atoms with Crippen LogP contribution in [0.4, 0.5) is 0 Å². The van der Waals surface area contributed by atoms with Crippen LogP contribution in [0.3, 0.4) is 0 Å². The summed E-state index contributed by atoms with van der Waals surface area (Å²) in [5.41, 5.74) is 9.51. The lowest BCUT2D eigenvalue weighted by molar-refractivity contribution is -0.199. The highest BCUT2D eigenvalue weighted by Gasteiger charge is 2.68. The Balaban J connectivity index is 1.07. The molecule has 7 rings (SSSR count). The molecule has 3 aliphatic carbocycles. The number of hydrogen-bond donors (Lipinski definition) is 3. The number of ketones is 3. The molecule has 1 unspecified atom stereocenters. The predicted molar refractivity (Wildman–Crippen MR) is 253 cm³/mol. The van der Waals surface area contributed by atoms with Crippen molar-refractivity contribution in [1.82, 2.24) is 10.6 Å². The monoisotopic (exact) mass is 898 g/mol. The van der Waals surface area contributed by atoms with Crippen molar-refractivity contribution >= 4 is 36.3 Å². The SMILES string of the molecule is CCCCc1ccc(-c2ccc(C(=O)CC(CCCCN)C(=O)N[C@H]3COCCCCOCC[C@@H](C(=O)C[C@@H](C)B4O[C@@H]5C[C@@H]6C[C@@H](C6(C)C)[C@]5(C)O4)NC(=O)[C@H](C)CC3=O)cc2)cc1. The van der Waals surface area contributed by atoms with Gasteiger partial charge < -0.3 is 35.1 Å². The van der Waals surface area contributed by atoms with Gasteiger partial charge in [-0.05, 0) is 111 Å². The first-order valence-electron chi connectivity index (χ1n) is 24.7. The molecule has 3 saturated carbocycles. The lowest BCUT2D eigenvalue weighted by Crippen LogP contribution is -2.65. The fraction of sp³-hybridized carbons (Fsp3) is 0.673. The zero-order valence-electron chi connectivity index (χ0n) is 40.0. The van der Waals surface area contributed by atoms with E-state index in [-0.39, 0.29) is 72.8 Å². The van der Waals surface area contributed by atoms with E-state index in [1.165, 1.54) is 5.56 Å². The van der Waals surface area contributed by atoms with Crippen molar-refractivity contribution in [3.05, 3.63) is 59.7 Å². The van der Waals surface area contributed by atoms with Gasteiger partial charge in [0.2, 0.25) is 11.8 Å². The van der Waals surface area contributed by atoms with Gasteiger partial charge in [0.25, 0.3) is 0 Å². The number of Topliss-reactive ketones (excluding diaryl/α,β-unsaturated/α-hetero) is 3. The summed E-state index contributed by atoms with van der Waals surface area (Å²) in [5.74, 6) is -2.22. The second kappa shape index (κ2) is 23.3. The predicted octanol–water partition coefficient (Wildman–Crippen LogP) is 7.87. The standard InChI is InChI=1S/C52H76BN3O9/c1-7-8-13-36-15-17-37(18-16-36)38-19-21-39(22-20-38)44(57)30-40(14-9-10-24-54)50(61)56-43-33-63-26-12-11-25-62-27-23-42(55-49(60)34(2)28-45(43)58)46(59)29-35(3)53-64-48-32-41-31-47(51(41,4)5)52(48,6)65-53/h15-22,34-35,40-43,47-48H,7-14,23-33,54H2,1-6H3,(H,55,60)(H,56,61)/t34-,35-,40?,41+,42+,43+,47+,48-,52+/m1/s1. The molecule has 2 saturated heterocycles. The Labute approximate surface area is 388 Å². The molecule has 5 fully saturated rings. The summed E-state index contributed by atoms with van der Waals surface area (Å²) >= 11 is 0. The van der Waals surface area contributed by atoms with Crippen molar-refractivity contribution in [2.75, 3.05) is 33.0 Å². The van der Waals surface area contributed by atoms with E-state index in [4.69, 9.17) is 24.5 Å². The molecule has 0 radical (unpaired) electrons. The fourth-order valence-electron chi connectivity index (χ4n) is 10.6. The second-order valence-electron chi connectivity index (χ2n) is 20.3. The molecule has 12 nitrogen and oxygen atoms in total. The van der Waals surface area contributed by atoms with Crippen molar-refractivity contribution in [3.63, 3.8) is 0 Å². The summed E-state index contributed by atoms with van der Waals surface area (Å²) in [7, 11) is -0.512. The fourth-order valence-corrected chi connectivity index (χ4v) is 10.6. The van der Waals surface area contributed by atoms with E-state index in [2.05, 4.69) is 62.6 Å². The van der Waals surface area contributed by atoms with Gasteiger partial charge in [0, 0.05) is 56.5 Å². The Bertz CT molecular complexity index is 1920. The van der Waals surface area contributed by atoms with Crippen LogP contribution in [0, 0.1) is 29.1 Å². The number of benzene rings is 2. The third-order valence-electron chi connectivity index (χ3n) is 15.1. The number of nitrogens with two attached hydrogens (primary N) is 1. The Morgan fingerprint density at radius 2 is 1.60 bits per heavy atom. The molecule has 4 N–H and O–H groups in total. The highest BCUT2D eigenvalue weighted by molar-refractivity contribution is 6.47. The molecule has 9 atom stereocenters. The van der Waals surface area contributed by atoms with Crippen molar-refractivity contribution < 1.29 is 42.8 Å². The number of carbonyl (C=O) groups excluding carboxylic acids is 5. The number of ether oxygens (including phenoxy) is 2. The van der Waals surface area contributed by atoms with Crippen LogP contribution in [-0.4, -0.2) is 93.0 Å². The van der Waals surface area contributed by atoms with Crippen LogP contribution in [0.15, 0.2) is 48.5 Å². The van der Waals surface area contributed by atoms with E-state index in [9.17, 15) is 24.0 Å². The highest BCUT2D eigenvalue weighted by Crippen LogP contribution is 2.66. The Morgan fingerprint density at radius 3 is 2.28 bits per heavy atom. The topological polar surface area (TPSA) is 172 Å². The van der Waals surface area contributed by atoms with Gasteiger partial charge in [0.15, 0.2) is 17.3 Å². The lowest BCUT2D eigenvalue weighted by atomic mass is 9.43. The van der Waals surface area contributed by atoms with E-state index in [0.717, 1.165) is 43.2 Å².